The van der Waals surface area contributed by atoms with Crippen molar-refractivity contribution in [2.75, 3.05) is 6.54 Å². The number of ether oxygens (including phenoxy) is 6. The molecular weight excluding hydrogens is 648 g/mol. The van der Waals surface area contributed by atoms with E-state index in [9.17, 15) is 34.5 Å². The molecule has 2 aliphatic rings. The Balaban J connectivity index is 2.39. The van der Waals surface area contributed by atoms with E-state index in [-0.39, 0.29) is 19.4 Å². The average Bonchev–Trinajstić information content (AvgIpc) is 2.85. The first kappa shape index (κ1) is 42.0. The van der Waals surface area contributed by atoms with Gasteiger partial charge in [-0.05, 0) is 89.5 Å². The molecule has 284 valence electrons. The Kier molecular flexibility index (Phi) is 14.0. The van der Waals surface area contributed by atoms with Crippen molar-refractivity contribution < 1.29 is 62.9 Å². The SMILES string of the molecule is CC(C)(C)OC(=O)NCC1O[C@@H](OC2C[C@@H](O)C(NC(=O)OC(C)(C)C)CC2NC(=O)OC(C)(C)C)C(NC(=O)OC(C)(C)C)[C@@H](O)C1O. The number of nitrogens with one attached hydrogen (secondary N) is 4. The van der Waals surface area contributed by atoms with Gasteiger partial charge in [-0.3, -0.25) is 0 Å². The lowest BCUT2D eigenvalue weighted by Gasteiger charge is -2.46. The molecule has 0 aromatic carbocycles. The van der Waals surface area contributed by atoms with Crippen LogP contribution in [-0.2, 0) is 28.4 Å². The molecule has 49 heavy (non-hydrogen) atoms. The third kappa shape index (κ3) is 15.1. The molecule has 0 aromatic rings. The maximum absolute atomic E-state index is 12.9. The Morgan fingerprint density at radius 2 is 1.04 bits per heavy atom. The zero-order chi connectivity index (χ0) is 37.7. The summed E-state index contributed by atoms with van der Waals surface area (Å²) in [5, 5.41) is 43.6. The quantitative estimate of drug-likeness (QED) is 0.188. The summed E-state index contributed by atoms with van der Waals surface area (Å²) in [5.41, 5.74) is -3.38. The van der Waals surface area contributed by atoms with Gasteiger partial charge in [-0.1, -0.05) is 0 Å². The van der Waals surface area contributed by atoms with Crippen molar-refractivity contribution in [3.05, 3.63) is 0 Å². The molecule has 1 aliphatic heterocycles. The van der Waals surface area contributed by atoms with Crippen molar-refractivity contribution in [3.63, 3.8) is 0 Å². The highest BCUT2D eigenvalue weighted by Crippen LogP contribution is 2.30. The molecule has 1 heterocycles. The second kappa shape index (κ2) is 16.3. The van der Waals surface area contributed by atoms with E-state index in [1.54, 1.807) is 83.1 Å². The third-order valence-corrected chi connectivity index (χ3v) is 6.84. The Hall–Kier alpha value is -3.12. The van der Waals surface area contributed by atoms with E-state index < -0.39 is 102 Å². The van der Waals surface area contributed by atoms with E-state index in [2.05, 4.69) is 21.3 Å². The van der Waals surface area contributed by atoms with Gasteiger partial charge < -0.3 is 65.0 Å². The van der Waals surface area contributed by atoms with Crippen LogP contribution in [0.25, 0.3) is 0 Å². The molecule has 2 fully saturated rings. The Morgan fingerprint density at radius 1 is 0.612 bits per heavy atom. The number of amides is 4. The molecule has 0 aromatic heterocycles. The topological polar surface area (TPSA) is 232 Å². The molecule has 7 N–H and O–H groups in total. The standard InChI is InChI=1S/C32H58N4O13/c1-29(2,3)46-25(40)33-15-20-22(38)23(39)21(36-28(43)49-32(10,11)12)24(45-20)44-19-14-18(37)16(34-26(41)47-30(4,5)6)13-17(19)35-27(42)48-31(7,8)9/h16-24,37-39H,13-15H2,1-12H3,(H,33,40)(H,34,41)(H,35,42)(H,36,43)/t16?,17?,18-,19?,20?,21?,22?,23-,24-/m1/s1. The molecule has 2 rings (SSSR count). The average molecular weight is 707 g/mol. The first-order chi connectivity index (χ1) is 22.1. The summed E-state index contributed by atoms with van der Waals surface area (Å²) < 4.78 is 33.7. The monoisotopic (exact) mass is 706 g/mol. The smallest absolute Gasteiger partial charge is 0.408 e. The number of aliphatic hydroxyl groups excluding tert-OH is 3. The minimum Gasteiger partial charge on any atom is -0.444 e. The van der Waals surface area contributed by atoms with Crippen LogP contribution in [0.4, 0.5) is 19.2 Å². The molecule has 6 unspecified atom stereocenters. The Labute approximate surface area is 288 Å². The zero-order valence-corrected chi connectivity index (χ0v) is 30.7. The van der Waals surface area contributed by atoms with E-state index >= 15 is 0 Å². The summed E-state index contributed by atoms with van der Waals surface area (Å²) in [6, 6.07) is -3.21. The van der Waals surface area contributed by atoms with Gasteiger partial charge in [0.25, 0.3) is 0 Å². The largest absolute Gasteiger partial charge is 0.444 e. The minimum absolute atomic E-state index is 0.0456. The van der Waals surface area contributed by atoms with Gasteiger partial charge in [0.05, 0.1) is 24.3 Å². The van der Waals surface area contributed by atoms with Crippen LogP contribution in [0.1, 0.15) is 95.9 Å². The summed E-state index contributed by atoms with van der Waals surface area (Å²) in [5.74, 6) is 0. The summed E-state index contributed by atoms with van der Waals surface area (Å²) >= 11 is 0. The third-order valence-electron chi connectivity index (χ3n) is 6.84. The number of carbonyl (C=O) groups is 4. The molecule has 1 saturated heterocycles. The van der Waals surface area contributed by atoms with Crippen LogP contribution in [0, 0.1) is 0 Å². The van der Waals surface area contributed by atoms with E-state index in [1.807, 2.05) is 0 Å². The fraction of sp³-hybridized carbons (Fsp3) is 0.875. The Bertz CT molecular complexity index is 1140. The molecule has 4 amide bonds. The van der Waals surface area contributed by atoms with Gasteiger partial charge in [-0.2, -0.15) is 0 Å². The van der Waals surface area contributed by atoms with Gasteiger partial charge in [-0.15, -0.1) is 0 Å². The van der Waals surface area contributed by atoms with Gasteiger partial charge in [0.2, 0.25) is 0 Å². The van der Waals surface area contributed by atoms with Crippen LogP contribution < -0.4 is 21.3 Å². The first-order valence-electron chi connectivity index (χ1n) is 16.4. The van der Waals surface area contributed by atoms with E-state index in [0.717, 1.165) is 0 Å². The Morgan fingerprint density at radius 3 is 1.51 bits per heavy atom. The van der Waals surface area contributed by atoms with Crippen molar-refractivity contribution >= 4 is 24.4 Å². The maximum atomic E-state index is 12.9. The summed E-state index contributed by atoms with van der Waals surface area (Å²) in [6.45, 7) is 19.7. The molecule has 0 spiro atoms. The van der Waals surface area contributed by atoms with E-state index in [4.69, 9.17) is 28.4 Å². The molecule has 17 heteroatoms. The highest BCUT2D eigenvalue weighted by molar-refractivity contribution is 5.70. The lowest BCUT2D eigenvalue weighted by molar-refractivity contribution is -0.281. The van der Waals surface area contributed by atoms with Gasteiger partial charge in [0.1, 0.15) is 46.8 Å². The van der Waals surface area contributed by atoms with Crippen molar-refractivity contribution in [2.45, 2.75) is 173 Å². The van der Waals surface area contributed by atoms with Crippen LogP contribution in [0.15, 0.2) is 0 Å². The molecule has 0 bridgehead atoms. The summed E-state index contributed by atoms with van der Waals surface area (Å²) in [4.78, 5) is 50.6. The second-order valence-electron chi connectivity index (χ2n) is 16.3. The van der Waals surface area contributed by atoms with Crippen molar-refractivity contribution in [2.24, 2.45) is 0 Å². The zero-order valence-electron chi connectivity index (χ0n) is 30.7. The fourth-order valence-electron chi connectivity index (χ4n) is 5.01. The van der Waals surface area contributed by atoms with Gasteiger partial charge in [0.15, 0.2) is 6.29 Å². The minimum atomic E-state index is -1.69. The normalized spacial score (nSPS) is 29.6. The lowest BCUT2D eigenvalue weighted by atomic mass is 9.86. The predicted molar refractivity (Wildman–Crippen MR) is 174 cm³/mol. The summed E-state index contributed by atoms with van der Waals surface area (Å²) in [7, 11) is 0. The molecule has 9 atom stereocenters. The number of aliphatic hydroxyl groups is 3. The van der Waals surface area contributed by atoms with Gasteiger partial charge in [0, 0.05) is 13.0 Å². The fourth-order valence-corrected chi connectivity index (χ4v) is 5.01. The van der Waals surface area contributed by atoms with E-state index in [1.165, 1.54) is 0 Å². The first-order valence-corrected chi connectivity index (χ1v) is 16.4. The van der Waals surface area contributed by atoms with Crippen LogP contribution in [-0.4, -0.2) is 124 Å². The van der Waals surface area contributed by atoms with Gasteiger partial charge in [-0.25, -0.2) is 19.2 Å². The molecule has 1 saturated carbocycles. The number of rotatable bonds is 7. The number of alkyl carbamates (subject to hydrolysis) is 4. The van der Waals surface area contributed by atoms with Gasteiger partial charge >= 0.3 is 24.4 Å². The van der Waals surface area contributed by atoms with Crippen molar-refractivity contribution in [3.8, 4) is 0 Å². The maximum Gasteiger partial charge on any atom is 0.408 e. The summed E-state index contributed by atoms with van der Waals surface area (Å²) in [6.07, 6.45) is -11.9. The number of carbonyl (C=O) groups excluding carboxylic acids is 4. The highest BCUT2D eigenvalue weighted by Gasteiger charge is 2.49. The van der Waals surface area contributed by atoms with Crippen LogP contribution in [0.5, 0.6) is 0 Å². The second-order valence-corrected chi connectivity index (χ2v) is 16.3. The van der Waals surface area contributed by atoms with Crippen LogP contribution >= 0.6 is 0 Å². The van der Waals surface area contributed by atoms with Crippen molar-refractivity contribution in [1.29, 1.82) is 0 Å². The molecule has 1 aliphatic carbocycles. The van der Waals surface area contributed by atoms with Crippen molar-refractivity contribution in [1.82, 2.24) is 21.3 Å². The number of hydrogen-bond donors (Lipinski definition) is 7. The van der Waals surface area contributed by atoms with Crippen LogP contribution in [0.3, 0.4) is 0 Å². The van der Waals surface area contributed by atoms with Crippen LogP contribution in [0.2, 0.25) is 0 Å². The molecule has 17 nitrogen and oxygen atoms in total. The molecular formula is C32H58N4O13. The van der Waals surface area contributed by atoms with E-state index in [0.29, 0.717) is 0 Å². The highest BCUT2D eigenvalue weighted by atomic mass is 16.7. The number of hydrogen-bond acceptors (Lipinski definition) is 13. The lowest BCUT2D eigenvalue weighted by Crippen LogP contribution is -2.67. The molecule has 0 radical (unpaired) electrons. The predicted octanol–water partition coefficient (Wildman–Crippen LogP) is 2.18.